The summed E-state index contributed by atoms with van der Waals surface area (Å²) in [5.41, 5.74) is -1.72. The molecular weight excluding hydrogens is 1310 g/mol. The number of anilines is 6. The maximum Gasteiger partial charge on any atom is 0.296 e. The van der Waals surface area contributed by atoms with Gasteiger partial charge in [0.15, 0.2) is 16.6 Å². The number of nitrogens with one attached hydrogen (secondary N) is 4. The third-order valence-electron chi connectivity index (χ3n) is 11.7. The van der Waals surface area contributed by atoms with E-state index >= 15 is 0 Å². The monoisotopic (exact) mass is 1340 g/mol. The second kappa shape index (κ2) is 23.8. The number of fused-ring (bicyclic) bond motifs is 1. The van der Waals surface area contributed by atoms with Crippen LogP contribution in [0.25, 0.3) is 21.9 Å². The van der Waals surface area contributed by atoms with Gasteiger partial charge in [-0.15, -0.1) is 20.5 Å². The second-order valence-electron chi connectivity index (χ2n) is 17.5. The van der Waals surface area contributed by atoms with Crippen LogP contribution in [0.15, 0.2) is 159 Å². The standard InChI is InChI=1S/C48H33Cl2N11O18S7/c1-23-35(21-51)45(54-28-9-13-37(49)41(16-28)85(74,75)76)56-46(55-29-10-14-38(50)42(17-29)86(77,78)79)44(23)58-59-47-36(22-52)43(25-3-5-27(6-4-25)61-81(63,64)31-11-7-26(8-12-31)53-24(2)62)48(80-47)60-57-30-15-33-34(39(18-30)83(68,69)70)19-32(82(65,66)67)20-40(33)84(71,72)73/h3-20,61H,1-2H3,(H,53,62)(H2,54,55,56)(H,65,66,67)(H,68,69,70)(H,71,72,73)(H,74,75,76)(H,77,78,79). The maximum atomic E-state index is 13.4. The molecule has 0 aliphatic heterocycles. The van der Waals surface area contributed by atoms with Gasteiger partial charge >= 0.3 is 0 Å². The summed E-state index contributed by atoms with van der Waals surface area (Å²) in [6, 6.07) is 22.9. The van der Waals surface area contributed by atoms with Crippen molar-refractivity contribution in [2.75, 3.05) is 20.7 Å². The molecule has 0 unspecified atom stereocenters. The number of hydrogen-bond donors (Lipinski definition) is 9. The fraction of sp³-hybridized carbons (Fsp3) is 0.0417. The highest BCUT2D eigenvalue weighted by molar-refractivity contribution is 7.92. The van der Waals surface area contributed by atoms with Crippen LogP contribution in [0, 0.1) is 29.6 Å². The van der Waals surface area contributed by atoms with E-state index in [4.69, 9.17) is 23.2 Å². The Bertz CT molecular complexity index is 5080. The number of halogens is 2. The van der Waals surface area contributed by atoms with E-state index in [0.717, 1.165) is 30.3 Å². The van der Waals surface area contributed by atoms with E-state index < -0.39 is 112 Å². The van der Waals surface area contributed by atoms with Gasteiger partial charge in [-0.05, 0) is 110 Å². The van der Waals surface area contributed by atoms with Gasteiger partial charge in [0.1, 0.15) is 48.0 Å². The van der Waals surface area contributed by atoms with Crippen LogP contribution < -0.4 is 20.7 Å². The Morgan fingerprint density at radius 2 is 1.02 bits per heavy atom. The fourth-order valence-electron chi connectivity index (χ4n) is 7.91. The van der Waals surface area contributed by atoms with E-state index in [1.165, 1.54) is 74.5 Å². The largest absolute Gasteiger partial charge is 0.339 e. The molecule has 0 aliphatic rings. The van der Waals surface area contributed by atoms with Crippen molar-refractivity contribution in [3.63, 3.8) is 0 Å². The first-order chi connectivity index (χ1) is 40.0. The Labute approximate surface area is 501 Å². The zero-order valence-corrected chi connectivity index (χ0v) is 49.9. The Morgan fingerprint density at radius 3 is 1.53 bits per heavy atom. The number of hydrogen-bond acceptors (Lipinski definition) is 23. The SMILES string of the molecule is CC(=O)Nc1ccc(S(=O)(=O)Nc2ccc(-c3c(N=Nc4cc(S(=O)(=O)O)c5cc(S(=O)(=O)O)cc(S(=O)(=O)O)c5c4)sc(N=Nc4c(Nc5ccc(Cl)c(S(=O)(=O)O)c5)nc(Nc5ccc(Cl)c(S(=O)(=O)O)c5)c(C#N)c4C)c3C#N)cc2)cc1. The molecule has 0 spiro atoms. The fourth-order valence-corrected chi connectivity index (χ4v) is 13.9. The van der Waals surface area contributed by atoms with Gasteiger partial charge in [0.05, 0.1) is 31.1 Å². The van der Waals surface area contributed by atoms with Crippen molar-refractivity contribution in [3.05, 3.63) is 136 Å². The van der Waals surface area contributed by atoms with E-state index in [-0.39, 0.29) is 82.1 Å². The van der Waals surface area contributed by atoms with Gasteiger partial charge in [-0.25, -0.2) is 13.4 Å². The summed E-state index contributed by atoms with van der Waals surface area (Å²) in [5.74, 6) is -1.09. The summed E-state index contributed by atoms with van der Waals surface area (Å²) in [6.45, 7) is 2.59. The van der Waals surface area contributed by atoms with Gasteiger partial charge in [0.25, 0.3) is 60.6 Å². The number of rotatable bonds is 18. The van der Waals surface area contributed by atoms with Gasteiger partial charge in [-0.3, -0.25) is 32.3 Å². The molecule has 8 aromatic rings. The minimum absolute atomic E-state index is 0.0363. The lowest BCUT2D eigenvalue weighted by Gasteiger charge is -2.16. The van der Waals surface area contributed by atoms with Crippen LogP contribution in [0.3, 0.4) is 0 Å². The Kier molecular flexibility index (Phi) is 17.6. The van der Waals surface area contributed by atoms with Gasteiger partial charge in [-0.1, -0.05) is 46.7 Å². The number of thiophene rings is 1. The minimum Gasteiger partial charge on any atom is -0.339 e. The van der Waals surface area contributed by atoms with Crippen molar-refractivity contribution >= 4 is 168 Å². The van der Waals surface area contributed by atoms with Crippen molar-refractivity contribution in [2.24, 2.45) is 20.5 Å². The highest BCUT2D eigenvalue weighted by Crippen LogP contribution is 2.49. The Balaban J connectivity index is 1.32. The molecule has 0 atom stereocenters. The number of pyridine rings is 1. The number of amides is 1. The molecule has 0 bridgehead atoms. The second-order valence-corrected chi connectivity index (χ2v) is 28.0. The molecule has 38 heteroatoms. The number of azo groups is 2. The first-order valence-corrected chi connectivity index (χ1v) is 33.2. The molecule has 8 rings (SSSR count). The van der Waals surface area contributed by atoms with Crippen LogP contribution in [0.2, 0.25) is 10.0 Å². The van der Waals surface area contributed by atoms with Crippen molar-refractivity contribution < 1.29 is 78.1 Å². The molecule has 2 heterocycles. The maximum absolute atomic E-state index is 13.4. The van der Waals surface area contributed by atoms with Crippen molar-refractivity contribution in [1.82, 2.24) is 4.98 Å². The zero-order valence-electron chi connectivity index (χ0n) is 42.7. The van der Waals surface area contributed by atoms with Crippen LogP contribution in [-0.2, 0) is 65.4 Å². The number of carbonyl (C=O) groups is 1. The smallest absolute Gasteiger partial charge is 0.296 e. The average molecular weight is 1350 g/mol. The first kappa shape index (κ1) is 63.6. The summed E-state index contributed by atoms with van der Waals surface area (Å²) in [4.78, 5) is 10.6. The molecule has 444 valence electrons. The number of nitrogens with zero attached hydrogens (tertiary/aromatic N) is 7. The number of benzene rings is 6. The summed E-state index contributed by atoms with van der Waals surface area (Å²) in [7, 11) is -30.4. The van der Waals surface area contributed by atoms with Crippen molar-refractivity contribution in [3.8, 4) is 23.3 Å². The number of aromatic nitrogens is 1. The van der Waals surface area contributed by atoms with Crippen molar-refractivity contribution in [1.29, 1.82) is 10.5 Å². The van der Waals surface area contributed by atoms with Gasteiger partial charge in [0.2, 0.25) is 5.91 Å². The van der Waals surface area contributed by atoms with E-state index in [1.54, 1.807) is 0 Å². The summed E-state index contributed by atoms with van der Waals surface area (Å²) < 4.78 is 203. The lowest BCUT2D eigenvalue weighted by atomic mass is 10.0. The molecule has 29 nitrogen and oxygen atoms in total. The molecule has 0 radical (unpaired) electrons. The number of sulfonamides is 1. The molecular formula is C48H33Cl2N11O18S7. The molecule has 2 aromatic heterocycles. The van der Waals surface area contributed by atoms with Crippen LogP contribution in [0.5, 0.6) is 0 Å². The van der Waals surface area contributed by atoms with E-state index in [2.05, 4.69) is 46.1 Å². The topological polar surface area (TPSA) is 481 Å². The number of carbonyl (C=O) groups excluding carboxylic acids is 1. The molecule has 86 heavy (non-hydrogen) atoms. The van der Waals surface area contributed by atoms with Crippen LogP contribution >= 0.6 is 34.5 Å². The quantitative estimate of drug-likeness (QED) is 0.0285. The van der Waals surface area contributed by atoms with Crippen LogP contribution in [0.4, 0.5) is 55.8 Å². The molecule has 1 amide bonds. The molecule has 0 fully saturated rings. The molecule has 0 saturated carbocycles. The van der Waals surface area contributed by atoms with E-state index in [9.17, 15) is 88.6 Å². The van der Waals surface area contributed by atoms with Gasteiger partial charge in [0, 0.05) is 51.6 Å². The lowest BCUT2D eigenvalue weighted by molar-refractivity contribution is -0.114. The third-order valence-corrected chi connectivity index (χ3v) is 19.3. The third kappa shape index (κ3) is 14.1. The van der Waals surface area contributed by atoms with Gasteiger partial charge < -0.3 is 16.0 Å². The van der Waals surface area contributed by atoms with E-state index in [1.807, 2.05) is 12.1 Å². The Hall–Kier alpha value is -8.44. The van der Waals surface area contributed by atoms with Crippen molar-refractivity contribution in [2.45, 2.75) is 43.2 Å². The van der Waals surface area contributed by atoms with Crippen LogP contribution in [-0.4, -0.2) is 84.2 Å². The summed E-state index contributed by atoms with van der Waals surface area (Å²) in [6.07, 6.45) is 0. The minimum atomic E-state index is -5.48. The molecule has 0 saturated heterocycles. The first-order valence-electron chi connectivity index (χ1n) is 22.9. The Morgan fingerprint density at radius 1 is 0.535 bits per heavy atom. The molecule has 0 aliphatic carbocycles. The summed E-state index contributed by atoms with van der Waals surface area (Å²) >= 11 is 12.6. The average Bonchev–Trinajstić information content (AvgIpc) is 0.850. The zero-order chi connectivity index (χ0) is 63.2. The molecule has 9 N–H and O–H groups in total. The lowest BCUT2D eigenvalue weighted by Crippen LogP contribution is -2.13. The predicted octanol–water partition coefficient (Wildman–Crippen LogP) is 10.6. The summed E-state index contributed by atoms with van der Waals surface area (Å²) in [5, 5.41) is 43.3. The predicted molar refractivity (Wildman–Crippen MR) is 311 cm³/mol. The number of nitriles is 2. The highest BCUT2D eigenvalue weighted by Gasteiger charge is 2.28. The highest BCUT2D eigenvalue weighted by atomic mass is 35.5. The normalized spacial score (nSPS) is 12.5. The van der Waals surface area contributed by atoms with E-state index in [0.29, 0.717) is 35.2 Å². The molecule has 6 aromatic carbocycles. The van der Waals surface area contributed by atoms with Gasteiger partial charge in [-0.2, -0.15) is 52.6 Å². The van der Waals surface area contributed by atoms with Crippen LogP contribution in [0.1, 0.15) is 23.6 Å².